The number of benzene rings is 1. The largest absolute Gasteiger partial charge is 0.350 e. The molecule has 10 heteroatoms. The van der Waals surface area contributed by atoms with E-state index in [1.807, 2.05) is 6.92 Å². The Hall–Kier alpha value is -1.41. The minimum absolute atomic E-state index is 0.265. The van der Waals surface area contributed by atoms with Gasteiger partial charge in [0.2, 0.25) is 5.91 Å². The molecule has 1 aromatic carbocycles. The highest BCUT2D eigenvalue weighted by Gasteiger charge is 2.30. The highest BCUT2D eigenvalue weighted by molar-refractivity contribution is 9.10. The highest BCUT2D eigenvalue weighted by Crippen LogP contribution is 2.49. The SMILES string of the molecule is CCC[C@H](NC(=O)Nc1ccc(Br)cc1)C(=O)NCP(=O)(OC(C)C)OC(C)C. The van der Waals surface area contributed by atoms with E-state index in [1.54, 1.807) is 52.0 Å². The summed E-state index contributed by atoms with van der Waals surface area (Å²) >= 11 is 3.33. The van der Waals surface area contributed by atoms with Crippen LogP contribution in [0, 0.1) is 0 Å². The van der Waals surface area contributed by atoms with Gasteiger partial charge in [0.15, 0.2) is 0 Å². The molecule has 29 heavy (non-hydrogen) atoms. The molecular weight excluding hydrogens is 461 g/mol. The van der Waals surface area contributed by atoms with E-state index in [1.165, 1.54) is 0 Å². The lowest BCUT2D eigenvalue weighted by molar-refractivity contribution is -0.122. The maximum atomic E-state index is 12.8. The fourth-order valence-electron chi connectivity index (χ4n) is 2.46. The molecule has 1 rings (SSSR count). The quantitative estimate of drug-likeness (QED) is 0.383. The lowest BCUT2D eigenvalue weighted by Crippen LogP contribution is -2.48. The van der Waals surface area contributed by atoms with Gasteiger partial charge in [0, 0.05) is 10.2 Å². The maximum absolute atomic E-state index is 12.8. The zero-order valence-electron chi connectivity index (χ0n) is 17.5. The normalized spacial score (nSPS) is 12.7. The fourth-order valence-corrected chi connectivity index (χ4v) is 4.55. The van der Waals surface area contributed by atoms with Gasteiger partial charge in [-0.3, -0.25) is 9.36 Å². The second-order valence-corrected chi connectivity index (χ2v) is 9.94. The van der Waals surface area contributed by atoms with Crippen LogP contribution in [-0.2, 0) is 18.4 Å². The molecule has 3 amide bonds. The van der Waals surface area contributed by atoms with Crippen molar-refractivity contribution in [2.75, 3.05) is 11.6 Å². The monoisotopic (exact) mass is 491 g/mol. The molecule has 1 aromatic rings. The molecule has 3 N–H and O–H groups in total. The maximum Gasteiger partial charge on any atom is 0.350 e. The van der Waals surface area contributed by atoms with Crippen LogP contribution in [0.25, 0.3) is 0 Å². The van der Waals surface area contributed by atoms with E-state index in [4.69, 9.17) is 9.05 Å². The molecule has 0 saturated carbocycles. The third kappa shape index (κ3) is 10.3. The Bertz CT molecular complexity index is 698. The summed E-state index contributed by atoms with van der Waals surface area (Å²) < 4.78 is 24.6. The number of amides is 3. The molecule has 1 atom stereocenters. The molecule has 0 heterocycles. The van der Waals surface area contributed by atoms with Crippen LogP contribution in [0.4, 0.5) is 10.5 Å². The summed E-state index contributed by atoms with van der Waals surface area (Å²) in [5, 5.41) is 7.93. The minimum Gasteiger partial charge on any atom is -0.343 e. The molecule has 0 aliphatic rings. The lowest BCUT2D eigenvalue weighted by atomic mass is 10.1. The van der Waals surface area contributed by atoms with Crippen LogP contribution >= 0.6 is 23.5 Å². The Labute approximate surface area is 181 Å². The summed E-state index contributed by atoms with van der Waals surface area (Å²) in [7, 11) is -3.50. The van der Waals surface area contributed by atoms with E-state index in [0.29, 0.717) is 18.5 Å². The summed E-state index contributed by atoms with van der Waals surface area (Å²) in [5.74, 6) is -0.447. The van der Waals surface area contributed by atoms with Crippen molar-refractivity contribution < 1.29 is 23.2 Å². The molecule has 0 spiro atoms. The molecular formula is C19H31BrN3O5P. The predicted octanol–water partition coefficient (Wildman–Crippen LogP) is 4.86. The molecule has 0 unspecified atom stereocenters. The smallest absolute Gasteiger partial charge is 0.343 e. The van der Waals surface area contributed by atoms with Gasteiger partial charge in [0.1, 0.15) is 12.3 Å². The van der Waals surface area contributed by atoms with Crippen LogP contribution in [-0.4, -0.2) is 36.5 Å². The third-order valence-corrected chi connectivity index (χ3v) is 6.05. The molecule has 0 aliphatic carbocycles. The van der Waals surface area contributed by atoms with Gasteiger partial charge in [-0.05, 0) is 58.4 Å². The number of halogens is 1. The Morgan fingerprint density at radius 1 is 1.07 bits per heavy atom. The van der Waals surface area contributed by atoms with Gasteiger partial charge in [-0.1, -0.05) is 29.3 Å². The van der Waals surface area contributed by atoms with Gasteiger partial charge in [-0.2, -0.15) is 0 Å². The second-order valence-electron chi connectivity index (χ2n) is 7.06. The number of carbonyl (C=O) groups is 2. The zero-order valence-corrected chi connectivity index (χ0v) is 20.0. The first kappa shape index (κ1) is 25.6. The highest BCUT2D eigenvalue weighted by atomic mass is 79.9. The van der Waals surface area contributed by atoms with Gasteiger partial charge in [-0.25, -0.2) is 4.79 Å². The lowest BCUT2D eigenvalue weighted by Gasteiger charge is -2.24. The second kappa shape index (κ2) is 12.3. The molecule has 0 fully saturated rings. The average molecular weight is 492 g/mol. The number of urea groups is 1. The van der Waals surface area contributed by atoms with Crippen molar-refractivity contribution in [2.45, 2.75) is 65.7 Å². The standard InChI is InChI=1S/C19H31BrN3O5P/c1-6-7-17(23-19(25)22-16-10-8-15(20)9-11-16)18(24)21-12-29(26,27-13(2)3)28-14(4)5/h8-11,13-14,17H,6-7,12H2,1-5H3,(H,21,24)(H2,22,23,25)/t17-/m0/s1. The van der Waals surface area contributed by atoms with Crippen LogP contribution in [0.3, 0.4) is 0 Å². The summed E-state index contributed by atoms with van der Waals surface area (Å²) in [5.41, 5.74) is 0.599. The van der Waals surface area contributed by atoms with Crippen molar-refractivity contribution in [3.63, 3.8) is 0 Å². The van der Waals surface area contributed by atoms with E-state index in [0.717, 1.165) is 4.47 Å². The minimum atomic E-state index is -3.50. The Morgan fingerprint density at radius 2 is 1.62 bits per heavy atom. The van der Waals surface area contributed by atoms with Crippen molar-refractivity contribution in [1.82, 2.24) is 10.6 Å². The first-order valence-corrected chi connectivity index (χ1v) is 12.1. The van der Waals surface area contributed by atoms with Gasteiger partial charge in [-0.15, -0.1) is 0 Å². The first-order valence-electron chi connectivity index (χ1n) is 9.61. The number of carbonyl (C=O) groups excluding carboxylic acids is 2. The summed E-state index contributed by atoms with van der Waals surface area (Å²) in [4.78, 5) is 24.9. The first-order chi connectivity index (χ1) is 13.5. The Kier molecular flexibility index (Phi) is 10.9. The van der Waals surface area contributed by atoms with Crippen LogP contribution in [0.2, 0.25) is 0 Å². The topological polar surface area (TPSA) is 106 Å². The van der Waals surface area contributed by atoms with Crippen molar-refractivity contribution in [1.29, 1.82) is 0 Å². The van der Waals surface area contributed by atoms with Crippen LogP contribution in [0.1, 0.15) is 47.5 Å². The Balaban J connectivity index is 2.71. The van der Waals surface area contributed by atoms with Gasteiger partial charge in [0.05, 0.1) is 12.2 Å². The predicted molar refractivity (Wildman–Crippen MR) is 118 cm³/mol. The molecule has 0 radical (unpaired) electrons. The fraction of sp³-hybridized carbons (Fsp3) is 0.579. The number of hydrogen-bond donors (Lipinski definition) is 3. The summed E-state index contributed by atoms with van der Waals surface area (Å²) in [6.45, 7) is 8.87. The summed E-state index contributed by atoms with van der Waals surface area (Å²) in [6.07, 6.45) is 0.202. The van der Waals surface area contributed by atoms with Crippen molar-refractivity contribution in [3.8, 4) is 0 Å². The third-order valence-electron chi connectivity index (χ3n) is 3.49. The number of nitrogens with one attached hydrogen (secondary N) is 3. The van der Waals surface area contributed by atoms with E-state index < -0.39 is 25.6 Å². The van der Waals surface area contributed by atoms with E-state index in [2.05, 4.69) is 31.9 Å². The van der Waals surface area contributed by atoms with Crippen molar-refractivity contribution >= 4 is 41.2 Å². The molecule has 164 valence electrons. The van der Waals surface area contributed by atoms with E-state index in [-0.39, 0.29) is 18.5 Å². The van der Waals surface area contributed by atoms with Crippen molar-refractivity contribution in [2.24, 2.45) is 0 Å². The number of anilines is 1. The van der Waals surface area contributed by atoms with Crippen LogP contribution in [0.5, 0.6) is 0 Å². The van der Waals surface area contributed by atoms with Gasteiger partial charge in [0.25, 0.3) is 0 Å². The van der Waals surface area contributed by atoms with Crippen LogP contribution < -0.4 is 16.0 Å². The van der Waals surface area contributed by atoms with E-state index >= 15 is 0 Å². The Morgan fingerprint density at radius 3 is 2.10 bits per heavy atom. The molecule has 0 saturated heterocycles. The summed E-state index contributed by atoms with van der Waals surface area (Å²) in [6, 6.07) is 5.80. The number of hydrogen-bond acceptors (Lipinski definition) is 5. The van der Waals surface area contributed by atoms with Gasteiger partial charge >= 0.3 is 13.6 Å². The molecule has 0 aromatic heterocycles. The zero-order chi connectivity index (χ0) is 22.0. The van der Waals surface area contributed by atoms with Crippen molar-refractivity contribution in [3.05, 3.63) is 28.7 Å². The van der Waals surface area contributed by atoms with E-state index in [9.17, 15) is 14.2 Å². The molecule has 0 bridgehead atoms. The average Bonchev–Trinajstić information content (AvgIpc) is 2.60. The van der Waals surface area contributed by atoms with Crippen LogP contribution in [0.15, 0.2) is 28.7 Å². The molecule has 8 nitrogen and oxygen atoms in total. The van der Waals surface area contributed by atoms with Gasteiger partial charge < -0.3 is 25.0 Å². The number of rotatable bonds is 11. The molecule has 0 aliphatic heterocycles.